The molecule has 0 saturated heterocycles. The van der Waals surface area contributed by atoms with Crippen LogP contribution in [0.1, 0.15) is 6.92 Å². The largest absolute Gasteiger partial charge is 0.480 e. The fraction of sp³-hybridized carbons (Fsp3) is 0.273. The molecule has 0 aliphatic rings. The standard InChI is InChI=1S/C11H11BrClNO3S/c1-6(11(16)17)18-5-10(15)14-9-3-2-7(12)4-8(9)13/h2-4,6H,5H2,1H3,(H,14,15)(H,16,17). The average molecular weight is 353 g/mol. The van der Waals surface area contributed by atoms with Gasteiger partial charge >= 0.3 is 5.97 Å². The van der Waals surface area contributed by atoms with Gasteiger partial charge in [0.25, 0.3) is 0 Å². The number of carboxylic acids is 1. The second-order valence-corrected chi connectivity index (χ2v) is 6.12. The Morgan fingerprint density at radius 3 is 2.78 bits per heavy atom. The molecule has 1 unspecified atom stereocenters. The van der Waals surface area contributed by atoms with Crippen molar-refractivity contribution in [1.29, 1.82) is 0 Å². The van der Waals surface area contributed by atoms with E-state index < -0.39 is 11.2 Å². The summed E-state index contributed by atoms with van der Waals surface area (Å²) in [6, 6.07) is 5.11. The molecular formula is C11H11BrClNO3S. The van der Waals surface area contributed by atoms with E-state index in [1.807, 2.05) is 0 Å². The van der Waals surface area contributed by atoms with Crippen LogP contribution in [-0.2, 0) is 9.59 Å². The zero-order valence-electron chi connectivity index (χ0n) is 9.44. The van der Waals surface area contributed by atoms with E-state index in [-0.39, 0.29) is 11.7 Å². The van der Waals surface area contributed by atoms with Gasteiger partial charge in [-0.15, -0.1) is 11.8 Å². The molecule has 0 aromatic heterocycles. The molecule has 0 fully saturated rings. The topological polar surface area (TPSA) is 66.4 Å². The van der Waals surface area contributed by atoms with Crippen LogP contribution in [0.15, 0.2) is 22.7 Å². The number of rotatable bonds is 5. The van der Waals surface area contributed by atoms with Crippen molar-refractivity contribution in [1.82, 2.24) is 0 Å². The van der Waals surface area contributed by atoms with Crippen LogP contribution in [0.25, 0.3) is 0 Å². The number of carboxylic acid groups (broad SMARTS) is 1. The van der Waals surface area contributed by atoms with Gasteiger partial charge in [-0.05, 0) is 25.1 Å². The number of halogens is 2. The van der Waals surface area contributed by atoms with Gasteiger partial charge < -0.3 is 10.4 Å². The van der Waals surface area contributed by atoms with Crippen molar-refractivity contribution in [3.05, 3.63) is 27.7 Å². The molecule has 0 saturated carbocycles. The molecule has 0 aliphatic carbocycles. The van der Waals surface area contributed by atoms with Crippen LogP contribution in [0.5, 0.6) is 0 Å². The third-order valence-electron chi connectivity index (χ3n) is 2.02. The van der Waals surface area contributed by atoms with Gasteiger partial charge in [0.1, 0.15) is 0 Å². The van der Waals surface area contributed by atoms with Gasteiger partial charge in [0, 0.05) is 4.47 Å². The molecule has 0 spiro atoms. The number of thioether (sulfide) groups is 1. The van der Waals surface area contributed by atoms with E-state index in [9.17, 15) is 9.59 Å². The first kappa shape index (κ1) is 15.3. The van der Waals surface area contributed by atoms with Crippen LogP contribution in [0.4, 0.5) is 5.69 Å². The molecule has 0 aliphatic heterocycles. The minimum Gasteiger partial charge on any atom is -0.480 e. The number of hydrogen-bond acceptors (Lipinski definition) is 3. The highest BCUT2D eigenvalue weighted by Gasteiger charge is 2.14. The molecule has 1 rings (SSSR count). The summed E-state index contributed by atoms with van der Waals surface area (Å²) < 4.78 is 0.819. The van der Waals surface area contributed by atoms with Gasteiger partial charge in [-0.2, -0.15) is 0 Å². The molecule has 0 radical (unpaired) electrons. The van der Waals surface area contributed by atoms with Crippen molar-refractivity contribution < 1.29 is 14.7 Å². The molecule has 98 valence electrons. The number of hydrogen-bond donors (Lipinski definition) is 2. The Kier molecular flexibility index (Phi) is 5.98. The van der Waals surface area contributed by atoms with E-state index in [1.54, 1.807) is 18.2 Å². The van der Waals surface area contributed by atoms with E-state index in [1.165, 1.54) is 6.92 Å². The highest BCUT2D eigenvalue weighted by molar-refractivity contribution is 9.10. The van der Waals surface area contributed by atoms with Gasteiger partial charge in [0.05, 0.1) is 21.7 Å². The van der Waals surface area contributed by atoms with Crippen molar-refractivity contribution in [2.45, 2.75) is 12.2 Å². The number of anilines is 1. The highest BCUT2D eigenvalue weighted by Crippen LogP contribution is 2.25. The van der Waals surface area contributed by atoms with E-state index in [0.29, 0.717) is 10.7 Å². The molecule has 1 amide bonds. The summed E-state index contributed by atoms with van der Waals surface area (Å²) >= 11 is 10.3. The molecule has 0 heterocycles. The Hall–Kier alpha value is -0.720. The molecule has 1 aromatic rings. The van der Waals surface area contributed by atoms with Crippen LogP contribution >= 0.6 is 39.3 Å². The monoisotopic (exact) mass is 351 g/mol. The first-order valence-electron chi connectivity index (χ1n) is 4.99. The smallest absolute Gasteiger partial charge is 0.316 e. The third-order valence-corrected chi connectivity index (χ3v) is 3.95. The van der Waals surface area contributed by atoms with Gasteiger partial charge in [0.15, 0.2) is 0 Å². The molecule has 2 N–H and O–H groups in total. The van der Waals surface area contributed by atoms with Crippen LogP contribution < -0.4 is 5.32 Å². The number of amides is 1. The molecule has 1 atom stereocenters. The van der Waals surface area contributed by atoms with E-state index in [0.717, 1.165) is 16.2 Å². The average Bonchev–Trinajstić information content (AvgIpc) is 2.29. The summed E-state index contributed by atoms with van der Waals surface area (Å²) in [6.45, 7) is 1.53. The summed E-state index contributed by atoms with van der Waals surface area (Å²) in [7, 11) is 0. The minimum atomic E-state index is -0.936. The lowest BCUT2D eigenvalue weighted by molar-refractivity contribution is -0.136. The summed E-state index contributed by atoms with van der Waals surface area (Å²) in [5, 5.41) is 11.1. The Labute approximate surface area is 122 Å². The maximum atomic E-state index is 11.6. The van der Waals surface area contributed by atoms with Crippen LogP contribution in [0, 0.1) is 0 Å². The van der Waals surface area contributed by atoms with Crippen LogP contribution in [0.2, 0.25) is 5.02 Å². The normalized spacial score (nSPS) is 11.9. The third kappa shape index (κ3) is 4.88. The van der Waals surface area contributed by atoms with Gasteiger partial charge in [0.2, 0.25) is 5.91 Å². The predicted octanol–water partition coefficient (Wildman–Crippen LogP) is 3.25. The zero-order chi connectivity index (χ0) is 13.7. The number of nitrogens with one attached hydrogen (secondary N) is 1. The molecular weight excluding hydrogens is 342 g/mol. The summed E-state index contributed by atoms with van der Waals surface area (Å²) in [4.78, 5) is 22.2. The lowest BCUT2D eigenvalue weighted by Gasteiger charge is -2.08. The maximum Gasteiger partial charge on any atom is 0.316 e. The molecule has 7 heteroatoms. The second-order valence-electron chi connectivity index (χ2n) is 3.46. The van der Waals surface area contributed by atoms with E-state index >= 15 is 0 Å². The first-order valence-corrected chi connectivity index (χ1v) is 7.21. The van der Waals surface area contributed by atoms with E-state index in [2.05, 4.69) is 21.2 Å². The Morgan fingerprint density at radius 2 is 2.22 bits per heavy atom. The predicted molar refractivity (Wildman–Crippen MR) is 77.3 cm³/mol. The Bertz CT molecular complexity index is 470. The molecule has 18 heavy (non-hydrogen) atoms. The summed E-state index contributed by atoms with van der Waals surface area (Å²) in [5.41, 5.74) is 0.508. The number of carbonyl (C=O) groups excluding carboxylic acids is 1. The lowest BCUT2D eigenvalue weighted by Crippen LogP contribution is -2.19. The summed E-state index contributed by atoms with van der Waals surface area (Å²) in [6.07, 6.45) is 0. The van der Waals surface area contributed by atoms with Gasteiger partial charge in [-0.1, -0.05) is 27.5 Å². The highest BCUT2D eigenvalue weighted by atomic mass is 79.9. The second kappa shape index (κ2) is 7.01. The van der Waals surface area contributed by atoms with Crippen LogP contribution in [0.3, 0.4) is 0 Å². The van der Waals surface area contributed by atoms with Gasteiger partial charge in [-0.25, -0.2) is 0 Å². The lowest BCUT2D eigenvalue weighted by atomic mass is 10.3. The quantitative estimate of drug-likeness (QED) is 0.853. The maximum absolute atomic E-state index is 11.6. The summed E-state index contributed by atoms with van der Waals surface area (Å²) in [5.74, 6) is -1.15. The van der Waals surface area contributed by atoms with Crippen molar-refractivity contribution in [2.75, 3.05) is 11.1 Å². The van der Waals surface area contributed by atoms with Crippen molar-refractivity contribution in [3.63, 3.8) is 0 Å². The molecule has 1 aromatic carbocycles. The van der Waals surface area contributed by atoms with Crippen molar-refractivity contribution in [2.24, 2.45) is 0 Å². The van der Waals surface area contributed by atoms with E-state index in [4.69, 9.17) is 16.7 Å². The SMILES string of the molecule is CC(SCC(=O)Nc1ccc(Br)cc1Cl)C(=O)O. The van der Waals surface area contributed by atoms with Gasteiger partial charge in [-0.3, -0.25) is 9.59 Å². The number of carbonyl (C=O) groups is 2. The Balaban J connectivity index is 2.52. The molecule has 4 nitrogen and oxygen atoms in total. The number of benzene rings is 1. The zero-order valence-corrected chi connectivity index (χ0v) is 12.6. The van der Waals surface area contributed by atoms with Crippen LogP contribution in [-0.4, -0.2) is 28.0 Å². The minimum absolute atomic E-state index is 0.0693. The first-order chi connectivity index (χ1) is 8.40. The number of aliphatic carboxylic acids is 1. The Morgan fingerprint density at radius 1 is 1.56 bits per heavy atom. The molecule has 0 bridgehead atoms. The van der Waals surface area contributed by atoms with Crippen molar-refractivity contribution in [3.8, 4) is 0 Å². The van der Waals surface area contributed by atoms with Crippen molar-refractivity contribution >= 4 is 56.9 Å². The fourth-order valence-electron chi connectivity index (χ4n) is 1.05. The fourth-order valence-corrected chi connectivity index (χ4v) is 2.39.